The molecule has 1 rings (SSSR count). The number of carboxylic acid groups (broad SMARTS) is 1. The minimum absolute atomic E-state index is 0.0872. The number of aliphatic carboxylic acids is 1. The molecule has 0 heterocycles. The number of carbonyl (C=O) groups excluding carboxylic acids is 1. The molecule has 1 amide bonds. The average molecular weight is 269 g/mol. The lowest BCUT2D eigenvalue weighted by molar-refractivity contribution is -0.142. The molecule has 0 spiro atoms. The van der Waals surface area contributed by atoms with E-state index in [1.165, 1.54) is 12.8 Å². The topological polar surface area (TPSA) is 66.4 Å². The monoisotopic (exact) mass is 269 g/mol. The second kappa shape index (κ2) is 6.92. The van der Waals surface area contributed by atoms with Crippen molar-refractivity contribution >= 4 is 11.9 Å². The fraction of sp³-hybridized carbons (Fsp3) is 0.867. The van der Waals surface area contributed by atoms with Crippen LogP contribution in [0.25, 0.3) is 0 Å². The van der Waals surface area contributed by atoms with E-state index in [1.54, 1.807) is 0 Å². The summed E-state index contributed by atoms with van der Waals surface area (Å²) >= 11 is 0. The molecule has 19 heavy (non-hydrogen) atoms. The Morgan fingerprint density at radius 3 is 2.32 bits per heavy atom. The van der Waals surface area contributed by atoms with Gasteiger partial charge in [0.2, 0.25) is 5.91 Å². The Labute approximate surface area is 116 Å². The largest absolute Gasteiger partial charge is 0.480 e. The number of hydrogen-bond donors (Lipinski definition) is 2. The van der Waals surface area contributed by atoms with Crippen LogP contribution in [0.3, 0.4) is 0 Å². The third-order valence-electron chi connectivity index (χ3n) is 3.77. The van der Waals surface area contributed by atoms with Gasteiger partial charge in [-0.2, -0.15) is 0 Å². The van der Waals surface area contributed by atoms with Gasteiger partial charge in [-0.15, -0.1) is 0 Å². The van der Waals surface area contributed by atoms with Gasteiger partial charge in [0.25, 0.3) is 0 Å². The first-order chi connectivity index (χ1) is 8.78. The highest BCUT2D eigenvalue weighted by atomic mass is 16.4. The van der Waals surface area contributed by atoms with E-state index in [0.29, 0.717) is 18.8 Å². The Morgan fingerprint density at radius 2 is 1.84 bits per heavy atom. The Hall–Kier alpha value is -1.06. The minimum atomic E-state index is -0.927. The average Bonchev–Trinajstić information content (AvgIpc) is 2.75. The molecular weight excluding hydrogens is 242 g/mol. The van der Waals surface area contributed by atoms with Gasteiger partial charge in [-0.3, -0.25) is 4.79 Å². The molecule has 0 aromatic carbocycles. The summed E-state index contributed by atoms with van der Waals surface area (Å²) in [6.07, 6.45) is 6.37. The second-order valence-electron chi connectivity index (χ2n) is 6.91. The molecule has 1 unspecified atom stereocenters. The van der Waals surface area contributed by atoms with E-state index in [-0.39, 0.29) is 11.3 Å². The summed E-state index contributed by atoms with van der Waals surface area (Å²) in [6, 6.07) is -0.742. The van der Waals surface area contributed by atoms with E-state index in [2.05, 4.69) is 26.1 Å². The number of rotatable bonds is 6. The molecular formula is C15H27NO3. The van der Waals surface area contributed by atoms with Gasteiger partial charge >= 0.3 is 5.97 Å². The highest BCUT2D eigenvalue weighted by Gasteiger charge is 2.24. The number of amides is 1. The SMILES string of the molecule is CC(C)(C)CCC(NC(=O)CC1CCCC1)C(=O)O. The van der Waals surface area contributed by atoms with Gasteiger partial charge in [0.15, 0.2) is 0 Å². The van der Waals surface area contributed by atoms with Crippen LogP contribution in [0.5, 0.6) is 0 Å². The van der Waals surface area contributed by atoms with Crippen molar-refractivity contribution in [3.8, 4) is 0 Å². The maximum absolute atomic E-state index is 11.9. The maximum atomic E-state index is 11.9. The first-order valence-electron chi connectivity index (χ1n) is 7.30. The highest BCUT2D eigenvalue weighted by Crippen LogP contribution is 2.27. The molecule has 110 valence electrons. The van der Waals surface area contributed by atoms with Gasteiger partial charge < -0.3 is 10.4 Å². The van der Waals surface area contributed by atoms with E-state index >= 15 is 0 Å². The third-order valence-corrected chi connectivity index (χ3v) is 3.77. The fourth-order valence-corrected chi connectivity index (χ4v) is 2.56. The van der Waals surface area contributed by atoms with Crippen molar-refractivity contribution in [2.75, 3.05) is 0 Å². The van der Waals surface area contributed by atoms with Crippen LogP contribution >= 0.6 is 0 Å². The predicted octanol–water partition coefficient (Wildman–Crippen LogP) is 2.96. The van der Waals surface area contributed by atoms with Crippen molar-refractivity contribution in [2.24, 2.45) is 11.3 Å². The van der Waals surface area contributed by atoms with E-state index in [9.17, 15) is 9.59 Å². The molecule has 0 aliphatic heterocycles. The first-order valence-corrected chi connectivity index (χ1v) is 7.30. The number of carbonyl (C=O) groups is 2. The maximum Gasteiger partial charge on any atom is 0.326 e. The molecule has 0 bridgehead atoms. The molecule has 0 aromatic heterocycles. The van der Waals surface area contributed by atoms with Gasteiger partial charge in [0.1, 0.15) is 6.04 Å². The standard InChI is InChI=1S/C15H27NO3/c1-15(2,3)9-8-12(14(18)19)16-13(17)10-11-6-4-5-7-11/h11-12H,4-10H2,1-3H3,(H,16,17)(H,18,19). The van der Waals surface area contributed by atoms with Crippen molar-refractivity contribution in [3.05, 3.63) is 0 Å². The van der Waals surface area contributed by atoms with Crippen LogP contribution in [-0.2, 0) is 9.59 Å². The Bertz CT molecular complexity index is 314. The molecule has 1 saturated carbocycles. The zero-order valence-corrected chi connectivity index (χ0v) is 12.4. The van der Waals surface area contributed by atoms with Crippen molar-refractivity contribution in [2.45, 2.75) is 71.8 Å². The molecule has 0 aromatic rings. The molecule has 4 heteroatoms. The Morgan fingerprint density at radius 1 is 1.26 bits per heavy atom. The van der Waals surface area contributed by atoms with Gasteiger partial charge in [-0.1, -0.05) is 33.6 Å². The molecule has 2 N–H and O–H groups in total. The van der Waals surface area contributed by atoms with E-state index in [0.717, 1.165) is 19.3 Å². The minimum Gasteiger partial charge on any atom is -0.480 e. The van der Waals surface area contributed by atoms with E-state index < -0.39 is 12.0 Å². The summed E-state index contributed by atoms with van der Waals surface area (Å²) in [6.45, 7) is 6.23. The van der Waals surface area contributed by atoms with Crippen molar-refractivity contribution in [1.82, 2.24) is 5.32 Å². The molecule has 4 nitrogen and oxygen atoms in total. The highest BCUT2D eigenvalue weighted by molar-refractivity contribution is 5.83. The molecule has 1 aliphatic rings. The number of nitrogens with one attached hydrogen (secondary N) is 1. The summed E-state index contributed by atoms with van der Waals surface area (Å²) in [5.41, 5.74) is 0.0872. The predicted molar refractivity (Wildman–Crippen MR) is 74.8 cm³/mol. The summed E-state index contributed by atoms with van der Waals surface area (Å²) in [5, 5.41) is 11.8. The zero-order valence-electron chi connectivity index (χ0n) is 12.4. The number of hydrogen-bond acceptors (Lipinski definition) is 2. The van der Waals surface area contributed by atoms with Gasteiger partial charge in [-0.25, -0.2) is 4.79 Å². The molecule has 0 radical (unpaired) electrons. The smallest absolute Gasteiger partial charge is 0.326 e. The van der Waals surface area contributed by atoms with Crippen molar-refractivity contribution in [1.29, 1.82) is 0 Å². The lowest BCUT2D eigenvalue weighted by Gasteiger charge is -2.22. The summed E-state index contributed by atoms with van der Waals surface area (Å²) < 4.78 is 0. The zero-order chi connectivity index (χ0) is 14.5. The lowest BCUT2D eigenvalue weighted by Crippen LogP contribution is -2.41. The first kappa shape index (κ1) is 16.0. The molecule has 1 fully saturated rings. The quantitative estimate of drug-likeness (QED) is 0.779. The Balaban J connectivity index is 2.39. The van der Waals surface area contributed by atoms with E-state index in [4.69, 9.17) is 5.11 Å². The van der Waals surface area contributed by atoms with Crippen molar-refractivity contribution < 1.29 is 14.7 Å². The van der Waals surface area contributed by atoms with Crippen LogP contribution in [0.2, 0.25) is 0 Å². The van der Waals surface area contributed by atoms with Crippen LogP contribution in [-0.4, -0.2) is 23.0 Å². The normalized spacial score (nSPS) is 18.3. The van der Waals surface area contributed by atoms with Gasteiger partial charge in [0.05, 0.1) is 0 Å². The summed E-state index contributed by atoms with van der Waals surface area (Å²) in [5.74, 6) is -0.575. The van der Waals surface area contributed by atoms with Crippen LogP contribution in [0.1, 0.15) is 65.7 Å². The van der Waals surface area contributed by atoms with Gasteiger partial charge in [-0.05, 0) is 37.0 Å². The summed E-state index contributed by atoms with van der Waals surface area (Å²) in [4.78, 5) is 23.0. The Kier molecular flexibility index (Phi) is 5.83. The third kappa shape index (κ3) is 6.60. The van der Waals surface area contributed by atoms with E-state index in [1.807, 2.05) is 0 Å². The van der Waals surface area contributed by atoms with Crippen LogP contribution < -0.4 is 5.32 Å². The van der Waals surface area contributed by atoms with Gasteiger partial charge in [0, 0.05) is 6.42 Å². The van der Waals surface area contributed by atoms with Crippen LogP contribution in [0.15, 0.2) is 0 Å². The van der Waals surface area contributed by atoms with Crippen molar-refractivity contribution in [3.63, 3.8) is 0 Å². The fourth-order valence-electron chi connectivity index (χ4n) is 2.56. The molecule has 1 aliphatic carbocycles. The summed E-state index contributed by atoms with van der Waals surface area (Å²) in [7, 11) is 0. The number of carboxylic acids is 1. The lowest BCUT2D eigenvalue weighted by atomic mass is 9.88. The second-order valence-corrected chi connectivity index (χ2v) is 6.91. The molecule has 0 saturated heterocycles. The van der Waals surface area contributed by atoms with Crippen LogP contribution in [0.4, 0.5) is 0 Å². The molecule has 1 atom stereocenters. The van der Waals surface area contributed by atoms with Crippen LogP contribution in [0, 0.1) is 11.3 Å².